The van der Waals surface area contributed by atoms with Crippen molar-refractivity contribution >= 4 is 52.3 Å². The van der Waals surface area contributed by atoms with E-state index in [0.29, 0.717) is 43.7 Å². The number of amides is 1. The molecule has 1 N–H and O–H groups in total. The van der Waals surface area contributed by atoms with Crippen molar-refractivity contribution in [1.82, 2.24) is 4.90 Å². The molecule has 3 aliphatic rings. The van der Waals surface area contributed by atoms with Crippen LogP contribution in [0, 0.1) is 16.9 Å². The van der Waals surface area contributed by atoms with Gasteiger partial charge >= 0.3 is 12.1 Å². The third-order valence-electron chi connectivity index (χ3n) is 9.16. The Morgan fingerprint density at radius 1 is 1.08 bits per heavy atom. The van der Waals surface area contributed by atoms with E-state index >= 15 is 4.39 Å². The Hall–Kier alpha value is -4.10. The monoisotopic (exact) mass is 729 g/mol. The zero-order chi connectivity index (χ0) is 34.8. The van der Waals surface area contributed by atoms with Crippen LogP contribution >= 0.6 is 34.5 Å². The first kappa shape index (κ1) is 34.8. The summed E-state index contributed by atoms with van der Waals surface area (Å²) >= 11 is 14.2. The van der Waals surface area contributed by atoms with Gasteiger partial charge in [-0.05, 0) is 74.2 Å². The van der Waals surface area contributed by atoms with Crippen LogP contribution in [0.2, 0.25) is 10.0 Å². The predicted octanol–water partition coefficient (Wildman–Crippen LogP) is 7.15. The molecule has 3 fully saturated rings. The van der Waals surface area contributed by atoms with Crippen molar-refractivity contribution in [3.63, 3.8) is 0 Å². The quantitative estimate of drug-likeness (QED) is 0.128. The normalized spacial score (nSPS) is 18.9. The fraction of sp³-hybridized carbons (Fsp3) is 0.343. The molecule has 0 aliphatic carbocycles. The van der Waals surface area contributed by atoms with Gasteiger partial charge in [0.2, 0.25) is 0 Å². The Balaban J connectivity index is 1.41. The summed E-state index contributed by atoms with van der Waals surface area (Å²) < 4.78 is 32.7. The van der Waals surface area contributed by atoms with Crippen LogP contribution in [0.15, 0.2) is 60.9 Å². The van der Waals surface area contributed by atoms with Crippen LogP contribution < -0.4 is 19.1 Å². The first-order valence-electron chi connectivity index (χ1n) is 15.7. The van der Waals surface area contributed by atoms with Gasteiger partial charge in [-0.1, -0.05) is 41.4 Å². The van der Waals surface area contributed by atoms with Gasteiger partial charge in [-0.3, -0.25) is 9.80 Å². The SMILES string of the molecule is COc1ccc([C@H](Cc2c(Cl)c[n+]([O-])cc2Cl)c2sc(CN(C(=O)O[C@H]3CN4CCC3CC4)c3ccccc3F)cc2C(=O)O)cc1OC. The number of aromatic carboxylic acids is 1. The molecule has 10 nitrogen and oxygen atoms in total. The lowest BCUT2D eigenvalue weighted by molar-refractivity contribution is -0.605. The number of piperidine rings is 3. The molecule has 258 valence electrons. The molecule has 49 heavy (non-hydrogen) atoms. The van der Waals surface area contributed by atoms with Gasteiger partial charge in [0.1, 0.15) is 22.0 Å². The first-order valence-corrected chi connectivity index (χ1v) is 17.2. The maximum atomic E-state index is 15.3. The molecular formula is C35H34Cl2FN3O7S. The number of benzene rings is 2. The highest BCUT2D eigenvalue weighted by molar-refractivity contribution is 7.12. The number of fused-ring (bicyclic) bond motifs is 3. The van der Waals surface area contributed by atoms with Gasteiger partial charge in [0.15, 0.2) is 23.9 Å². The van der Waals surface area contributed by atoms with Crippen LogP contribution in [0.4, 0.5) is 14.9 Å². The highest BCUT2D eigenvalue weighted by Crippen LogP contribution is 2.42. The second-order valence-corrected chi connectivity index (χ2v) is 14.0. The van der Waals surface area contributed by atoms with Gasteiger partial charge < -0.3 is 24.5 Å². The fourth-order valence-electron chi connectivity index (χ4n) is 6.63. The van der Waals surface area contributed by atoms with E-state index in [-0.39, 0.29) is 46.3 Å². The van der Waals surface area contributed by atoms with E-state index in [9.17, 15) is 19.9 Å². The number of hydrogen-bond acceptors (Lipinski definition) is 8. The van der Waals surface area contributed by atoms with Crippen molar-refractivity contribution in [3.05, 3.63) is 108 Å². The Morgan fingerprint density at radius 3 is 2.39 bits per heavy atom. The highest BCUT2D eigenvalue weighted by Gasteiger charge is 2.38. The minimum Gasteiger partial charge on any atom is -0.619 e. The average Bonchev–Trinajstić information content (AvgIpc) is 3.51. The van der Waals surface area contributed by atoms with E-state index in [2.05, 4.69) is 4.90 Å². The number of thiophene rings is 1. The summed E-state index contributed by atoms with van der Waals surface area (Å²) in [5.74, 6) is -1.34. The molecule has 0 spiro atoms. The van der Waals surface area contributed by atoms with E-state index in [4.69, 9.17) is 37.4 Å². The van der Waals surface area contributed by atoms with Gasteiger partial charge in [0, 0.05) is 27.8 Å². The number of aromatic nitrogens is 1. The zero-order valence-corrected chi connectivity index (χ0v) is 29.1. The van der Waals surface area contributed by atoms with Crippen LogP contribution in [-0.4, -0.2) is 62.0 Å². The summed E-state index contributed by atoms with van der Waals surface area (Å²) in [5.41, 5.74) is 1.11. The van der Waals surface area contributed by atoms with Crippen LogP contribution in [0.1, 0.15) is 50.0 Å². The number of carboxylic acids is 1. The molecule has 0 saturated carbocycles. The molecule has 7 rings (SSSR count). The summed E-state index contributed by atoms with van der Waals surface area (Å²) in [5, 5.41) is 22.7. The molecule has 14 heteroatoms. The van der Waals surface area contributed by atoms with E-state index in [1.807, 2.05) is 0 Å². The van der Waals surface area contributed by atoms with E-state index in [1.54, 1.807) is 24.3 Å². The standard InChI is InChI=1S/C35H34Cl2FN3O7S/c1-46-30-8-7-21(13-31(30)47-2)23(15-24-26(36)17-40(45)18-27(24)37)33-25(34(42)43)14-22(49-33)16-41(29-6-4-3-5-28(29)38)35(44)48-32-19-39-11-9-20(32)10-12-39/h3-8,13-14,17-18,20,23,32H,9-12,15-16,19H2,1-2H3,(H,42,43)/t23-,32-/m0/s1. The molecule has 3 aliphatic heterocycles. The maximum absolute atomic E-state index is 15.3. The van der Waals surface area contributed by atoms with Crippen molar-refractivity contribution < 1.29 is 38.0 Å². The Labute approximate surface area is 296 Å². The van der Waals surface area contributed by atoms with Gasteiger partial charge in [-0.25, -0.2) is 14.0 Å². The smallest absolute Gasteiger partial charge is 0.415 e. The third kappa shape index (κ3) is 7.42. The second kappa shape index (κ2) is 14.8. The van der Waals surface area contributed by atoms with Gasteiger partial charge in [-0.2, -0.15) is 4.73 Å². The lowest BCUT2D eigenvalue weighted by Crippen LogP contribution is -2.53. The predicted molar refractivity (Wildman–Crippen MR) is 184 cm³/mol. The largest absolute Gasteiger partial charge is 0.619 e. The summed E-state index contributed by atoms with van der Waals surface area (Å²) in [6, 6.07) is 12.6. The lowest BCUT2D eigenvalue weighted by atomic mass is 9.86. The maximum Gasteiger partial charge on any atom is 0.415 e. The molecular weight excluding hydrogens is 696 g/mol. The minimum atomic E-state index is -1.20. The molecule has 2 atom stereocenters. The van der Waals surface area contributed by atoms with Crippen LogP contribution in [0.25, 0.3) is 0 Å². The molecule has 0 radical (unpaired) electrons. The van der Waals surface area contributed by atoms with Crippen molar-refractivity contribution in [2.45, 2.75) is 37.8 Å². The highest BCUT2D eigenvalue weighted by atomic mass is 35.5. The molecule has 4 aromatic rings. The number of anilines is 1. The number of nitrogens with zero attached hydrogens (tertiary/aromatic N) is 3. The summed E-state index contributed by atoms with van der Waals surface area (Å²) in [7, 11) is 3.00. The Kier molecular flexibility index (Phi) is 10.5. The number of para-hydroxylation sites is 1. The van der Waals surface area contributed by atoms with Crippen molar-refractivity contribution in [2.24, 2.45) is 5.92 Å². The van der Waals surface area contributed by atoms with Gasteiger partial charge in [-0.15, -0.1) is 11.3 Å². The summed E-state index contributed by atoms with van der Waals surface area (Å²) in [6.07, 6.45) is 3.30. The summed E-state index contributed by atoms with van der Waals surface area (Å²) in [4.78, 5) is 31.0. The van der Waals surface area contributed by atoms with Crippen LogP contribution in [0.3, 0.4) is 0 Å². The minimum absolute atomic E-state index is 0.0129. The molecule has 1 amide bonds. The second-order valence-electron chi connectivity index (χ2n) is 12.1. The number of carbonyl (C=O) groups excluding carboxylic acids is 1. The van der Waals surface area contributed by atoms with Gasteiger partial charge in [0.25, 0.3) is 0 Å². The number of methoxy groups -OCH3 is 2. The van der Waals surface area contributed by atoms with Crippen molar-refractivity contribution in [1.29, 1.82) is 0 Å². The van der Waals surface area contributed by atoms with Crippen molar-refractivity contribution in [2.75, 3.05) is 38.8 Å². The number of rotatable bonds is 11. The Morgan fingerprint density at radius 2 is 1.78 bits per heavy atom. The Bertz CT molecular complexity index is 1840. The zero-order valence-electron chi connectivity index (χ0n) is 26.7. The number of carbonyl (C=O) groups is 2. The molecule has 3 saturated heterocycles. The average molecular weight is 731 g/mol. The van der Waals surface area contributed by atoms with E-state index in [1.165, 1.54) is 67.1 Å². The molecule has 2 aromatic carbocycles. The van der Waals surface area contributed by atoms with E-state index in [0.717, 1.165) is 25.9 Å². The third-order valence-corrected chi connectivity index (χ3v) is 11.0. The number of hydrogen-bond donors (Lipinski definition) is 1. The molecule has 0 unspecified atom stereocenters. The topological polar surface area (TPSA) is 115 Å². The summed E-state index contributed by atoms with van der Waals surface area (Å²) in [6.45, 7) is 2.40. The fourth-order valence-corrected chi connectivity index (χ4v) is 8.50. The number of halogens is 3. The van der Waals surface area contributed by atoms with E-state index < -0.39 is 23.8 Å². The molecule has 5 heterocycles. The van der Waals surface area contributed by atoms with Gasteiger partial charge in [0.05, 0.1) is 32.0 Å². The van der Waals surface area contributed by atoms with Crippen LogP contribution in [0.5, 0.6) is 11.5 Å². The first-order chi connectivity index (χ1) is 23.6. The number of pyridine rings is 1. The molecule has 2 bridgehead atoms. The number of carboxylic acid groups (broad SMARTS) is 1. The lowest BCUT2D eigenvalue weighted by Gasteiger charge is -2.44. The van der Waals surface area contributed by atoms with Crippen LogP contribution in [-0.2, 0) is 17.7 Å². The molecule has 2 aromatic heterocycles. The number of ether oxygens (including phenoxy) is 3. The van der Waals surface area contributed by atoms with Crippen molar-refractivity contribution in [3.8, 4) is 11.5 Å².